The molecule has 26 heavy (non-hydrogen) atoms. The van der Waals surface area contributed by atoms with E-state index in [9.17, 15) is 9.59 Å². The molecular formula is C19H20N4O3. The van der Waals surface area contributed by atoms with E-state index in [0.717, 1.165) is 35.1 Å². The number of imidazole rings is 1. The largest absolute Gasteiger partial charge is 0.445 e. The molecule has 1 aliphatic carbocycles. The van der Waals surface area contributed by atoms with Crippen molar-refractivity contribution in [3.05, 3.63) is 64.6 Å². The van der Waals surface area contributed by atoms with Crippen molar-refractivity contribution in [1.82, 2.24) is 15.3 Å². The molecule has 134 valence electrons. The van der Waals surface area contributed by atoms with Gasteiger partial charge in [0.1, 0.15) is 6.61 Å². The number of amides is 1. The molecule has 1 saturated carbocycles. The second-order valence-electron chi connectivity index (χ2n) is 6.56. The van der Waals surface area contributed by atoms with Gasteiger partial charge in [0.05, 0.1) is 11.0 Å². The van der Waals surface area contributed by atoms with E-state index in [2.05, 4.69) is 20.6 Å². The molecule has 0 spiro atoms. The highest BCUT2D eigenvalue weighted by atomic mass is 16.5. The van der Waals surface area contributed by atoms with Gasteiger partial charge in [-0.2, -0.15) is 0 Å². The van der Waals surface area contributed by atoms with Crippen LogP contribution in [0.15, 0.2) is 53.3 Å². The molecule has 1 amide bonds. The molecular weight excluding hydrogens is 332 g/mol. The first-order valence-electron chi connectivity index (χ1n) is 8.61. The minimum atomic E-state index is -0.386. The first-order chi connectivity index (χ1) is 12.7. The standard InChI is InChI=1S/C19H20N4O3/c24-18-22-16-7-6-13(10-17(16)23-18)20-14-8-15(9-14)21-19(25)26-11-12-4-2-1-3-5-12/h1-7,10,14-15,20H,8-9,11H2,(H,21,25)(H2,22,23,24). The molecule has 1 heterocycles. The molecule has 4 N–H and O–H groups in total. The van der Waals surface area contributed by atoms with E-state index in [-0.39, 0.29) is 30.5 Å². The summed E-state index contributed by atoms with van der Waals surface area (Å²) < 4.78 is 5.23. The summed E-state index contributed by atoms with van der Waals surface area (Å²) in [6.45, 7) is 0.274. The molecule has 0 aliphatic heterocycles. The zero-order valence-electron chi connectivity index (χ0n) is 14.1. The molecule has 0 radical (unpaired) electrons. The van der Waals surface area contributed by atoms with Crippen LogP contribution < -0.4 is 16.3 Å². The van der Waals surface area contributed by atoms with E-state index < -0.39 is 0 Å². The quantitative estimate of drug-likeness (QED) is 0.567. The van der Waals surface area contributed by atoms with Crippen LogP contribution in [0.4, 0.5) is 10.5 Å². The highest BCUT2D eigenvalue weighted by Crippen LogP contribution is 2.25. The van der Waals surface area contributed by atoms with Gasteiger partial charge in [0.2, 0.25) is 0 Å². The first kappa shape index (κ1) is 16.3. The zero-order valence-corrected chi connectivity index (χ0v) is 14.1. The number of benzene rings is 2. The first-order valence-corrected chi connectivity index (χ1v) is 8.61. The summed E-state index contributed by atoms with van der Waals surface area (Å²) in [5.74, 6) is 0. The van der Waals surface area contributed by atoms with Crippen LogP contribution in [0.25, 0.3) is 11.0 Å². The number of hydrogen-bond donors (Lipinski definition) is 4. The van der Waals surface area contributed by atoms with Crippen LogP contribution in [-0.4, -0.2) is 28.1 Å². The number of fused-ring (bicyclic) bond motifs is 1. The molecule has 1 fully saturated rings. The molecule has 1 aliphatic rings. The third kappa shape index (κ3) is 3.72. The second kappa shape index (κ2) is 6.95. The Morgan fingerprint density at radius 2 is 1.81 bits per heavy atom. The molecule has 0 unspecified atom stereocenters. The number of aromatic amines is 2. The van der Waals surface area contributed by atoms with Gasteiger partial charge in [-0.05, 0) is 36.6 Å². The lowest BCUT2D eigenvalue weighted by Gasteiger charge is -2.36. The van der Waals surface area contributed by atoms with E-state index in [0.29, 0.717) is 0 Å². The van der Waals surface area contributed by atoms with Crippen molar-refractivity contribution in [1.29, 1.82) is 0 Å². The fourth-order valence-electron chi connectivity index (χ4n) is 3.14. The highest BCUT2D eigenvalue weighted by molar-refractivity contribution is 5.78. The average molecular weight is 352 g/mol. The maximum atomic E-state index is 11.8. The molecule has 1 aromatic heterocycles. The maximum Gasteiger partial charge on any atom is 0.407 e. The number of carbonyl (C=O) groups is 1. The number of nitrogens with one attached hydrogen (secondary N) is 4. The number of ether oxygens (including phenoxy) is 1. The smallest absolute Gasteiger partial charge is 0.407 e. The van der Waals surface area contributed by atoms with Gasteiger partial charge < -0.3 is 25.3 Å². The normalized spacial score (nSPS) is 18.9. The van der Waals surface area contributed by atoms with E-state index in [1.54, 1.807) is 0 Å². The maximum absolute atomic E-state index is 11.8. The van der Waals surface area contributed by atoms with Crippen LogP contribution in [0.5, 0.6) is 0 Å². The Balaban J connectivity index is 1.22. The van der Waals surface area contributed by atoms with Crippen LogP contribution in [0.2, 0.25) is 0 Å². The lowest BCUT2D eigenvalue weighted by atomic mass is 9.86. The number of alkyl carbamates (subject to hydrolysis) is 1. The second-order valence-corrected chi connectivity index (χ2v) is 6.56. The van der Waals surface area contributed by atoms with Crippen LogP contribution in [0.3, 0.4) is 0 Å². The topological polar surface area (TPSA) is 99.0 Å². The summed E-state index contributed by atoms with van der Waals surface area (Å²) in [7, 11) is 0. The average Bonchev–Trinajstić information content (AvgIpc) is 2.98. The van der Waals surface area contributed by atoms with Gasteiger partial charge in [0, 0.05) is 17.8 Å². The van der Waals surface area contributed by atoms with E-state index >= 15 is 0 Å². The van der Waals surface area contributed by atoms with E-state index in [1.165, 1.54) is 0 Å². The summed E-state index contributed by atoms with van der Waals surface area (Å²) in [6, 6.07) is 15.7. The molecule has 0 bridgehead atoms. The number of carbonyl (C=O) groups excluding carboxylic acids is 1. The van der Waals surface area contributed by atoms with Gasteiger partial charge in [-0.1, -0.05) is 30.3 Å². The molecule has 0 saturated heterocycles. The summed E-state index contributed by atoms with van der Waals surface area (Å²) in [5, 5.41) is 6.29. The molecule has 4 rings (SSSR count). The number of hydrogen-bond acceptors (Lipinski definition) is 4. The van der Waals surface area contributed by atoms with Crippen molar-refractivity contribution in [2.24, 2.45) is 0 Å². The monoisotopic (exact) mass is 352 g/mol. The summed E-state index contributed by atoms with van der Waals surface area (Å²) >= 11 is 0. The lowest BCUT2D eigenvalue weighted by molar-refractivity contribution is 0.129. The number of aromatic nitrogens is 2. The van der Waals surface area contributed by atoms with Crippen molar-refractivity contribution in [3.63, 3.8) is 0 Å². The minimum absolute atomic E-state index is 0.117. The fraction of sp³-hybridized carbons (Fsp3) is 0.263. The van der Waals surface area contributed by atoms with Crippen molar-refractivity contribution >= 4 is 22.8 Å². The van der Waals surface area contributed by atoms with Crippen molar-refractivity contribution < 1.29 is 9.53 Å². The summed E-state index contributed by atoms with van der Waals surface area (Å²) in [5.41, 5.74) is 3.27. The molecule has 7 heteroatoms. The number of anilines is 1. The Bertz CT molecular complexity index is 958. The van der Waals surface area contributed by atoms with Crippen molar-refractivity contribution in [2.75, 3.05) is 5.32 Å². The number of rotatable bonds is 5. The predicted molar refractivity (Wildman–Crippen MR) is 99.1 cm³/mol. The zero-order chi connectivity index (χ0) is 17.9. The minimum Gasteiger partial charge on any atom is -0.445 e. The number of H-pyrrole nitrogens is 2. The van der Waals surface area contributed by atoms with Gasteiger partial charge >= 0.3 is 11.8 Å². The van der Waals surface area contributed by atoms with Crippen LogP contribution in [-0.2, 0) is 11.3 Å². The van der Waals surface area contributed by atoms with Crippen LogP contribution in [0, 0.1) is 0 Å². The molecule has 2 aromatic carbocycles. The Morgan fingerprint density at radius 3 is 2.62 bits per heavy atom. The Kier molecular flexibility index (Phi) is 4.35. The van der Waals surface area contributed by atoms with E-state index in [4.69, 9.17) is 4.74 Å². The van der Waals surface area contributed by atoms with E-state index in [1.807, 2.05) is 48.5 Å². The molecule has 3 aromatic rings. The predicted octanol–water partition coefficient (Wildman–Crippen LogP) is 2.73. The van der Waals surface area contributed by atoms with Crippen LogP contribution in [0.1, 0.15) is 18.4 Å². The lowest BCUT2D eigenvalue weighted by Crippen LogP contribution is -2.49. The summed E-state index contributed by atoms with van der Waals surface area (Å²) in [6.07, 6.45) is 1.29. The van der Waals surface area contributed by atoms with Gasteiger partial charge in [0.25, 0.3) is 0 Å². The van der Waals surface area contributed by atoms with Gasteiger partial charge in [-0.25, -0.2) is 9.59 Å². The van der Waals surface area contributed by atoms with Gasteiger partial charge in [-0.15, -0.1) is 0 Å². The van der Waals surface area contributed by atoms with Crippen molar-refractivity contribution in [2.45, 2.75) is 31.5 Å². The van der Waals surface area contributed by atoms with Gasteiger partial charge in [-0.3, -0.25) is 0 Å². The Labute approximate surface area is 149 Å². The Hall–Kier alpha value is -3.22. The van der Waals surface area contributed by atoms with Gasteiger partial charge in [0.15, 0.2) is 0 Å². The van der Waals surface area contributed by atoms with Crippen LogP contribution >= 0.6 is 0 Å². The fourth-order valence-corrected chi connectivity index (χ4v) is 3.14. The Morgan fingerprint density at radius 1 is 1.04 bits per heavy atom. The highest BCUT2D eigenvalue weighted by Gasteiger charge is 2.30. The molecule has 7 nitrogen and oxygen atoms in total. The third-order valence-corrected chi connectivity index (χ3v) is 4.56. The molecule has 0 atom stereocenters. The summed E-state index contributed by atoms with van der Waals surface area (Å²) in [4.78, 5) is 28.6. The SMILES string of the molecule is O=C(NC1CC(Nc2ccc3[nH]c(=O)[nH]c3c2)C1)OCc1ccccc1. The van der Waals surface area contributed by atoms with Crippen molar-refractivity contribution in [3.8, 4) is 0 Å². The third-order valence-electron chi connectivity index (χ3n) is 4.56.